The molecule has 2 aromatic rings. The molecule has 5 heteroatoms. The Morgan fingerprint density at radius 2 is 2.10 bits per heavy atom. The van der Waals surface area contributed by atoms with Gasteiger partial charge in [0.15, 0.2) is 5.82 Å². The van der Waals surface area contributed by atoms with Crippen LogP contribution in [0.3, 0.4) is 0 Å². The molecule has 0 radical (unpaired) electrons. The van der Waals surface area contributed by atoms with Gasteiger partial charge in [-0.2, -0.15) is 5.10 Å². The Morgan fingerprint density at radius 1 is 1.30 bits per heavy atom. The maximum absolute atomic E-state index is 9.06. The number of aliphatic hydroxyl groups excluding tert-OH is 1. The Balaban J connectivity index is 2.04. The number of ether oxygens (including phenoxy) is 1. The van der Waals surface area contributed by atoms with Crippen LogP contribution in [0, 0.1) is 5.92 Å². The molecule has 0 aliphatic carbocycles. The summed E-state index contributed by atoms with van der Waals surface area (Å²) in [6, 6.07) is 7.74. The average Bonchev–Trinajstić information content (AvgIpc) is 2.84. The molecule has 2 rings (SSSR count). The molecule has 0 aliphatic rings. The molecule has 0 spiro atoms. The first-order valence-corrected chi connectivity index (χ1v) is 6.89. The van der Waals surface area contributed by atoms with E-state index in [-0.39, 0.29) is 6.61 Å². The zero-order valence-corrected chi connectivity index (χ0v) is 12.0. The van der Waals surface area contributed by atoms with Crippen LogP contribution in [0.4, 0.5) is 0 Å². The third kappa shape index (κ3) is 3.81. The van der Waals surface area contributed by atoms with E-state index in [4.69, 9.17) is 9.84 Å². The largest absolute Gasteiger partial charge is 0.485 e. The number of hydrogen-bond acceptors (Lipinski definition) is 4. The molecule has 0 saturated heterocycles. The Hall–Kier alpha value is -1.88. The molecule has 0 atom stereocenters. The third-order valence-electron chi connectivity index (χ3n) is 2.94. The van der Waals surface area contributed by atoms with E-state index in [9.17, 15) is 0 Å². The van der Waals surface area contributed by atoms with Crippen LogP contribution in [-0.2, 0) is 19.6 Å². The molecular weight excluding hydrogens is 254 g/mol. The summed E-state index contributed by atoms with van der Waals surface area (Å²) in [5, 5.41) is 13.3. The minimum atomic E-state index is 0.115. The molecule has 0 fully saturated rings. The normalized spacial score (nSPS) is 11.0. The maximum Gasteiger partial charge on any atom is 0.164 e. The zero-order chi connectivity index (χ0) is 14.4. The Morgan fingerprint density at radius 3 is 2.85 bits per heavy atom. The van der Waals surface area contributed by atoms with Crippen LogP contribution in [0.5, 0.6) is 5.75 Å². The first kappa shape index (κ1) is 14.5. The van der Waals surface area contributed by atoms with Gasteiger partial charge in [-0.25, -0.2) is 9.67 Å². The first-order valence-electron chi connectivity index (χ1n) is 6.89. The molecule has 1 aromatic carbocycles. The molecule has 1 heterocycles. The highest BCUT2D eigenvalue weighted by Crippen LogP contribution is 2.19. The van der Waals surface area contributed by atoms with Crippen molar-refractivity contribution in [3.05, 3.63) is 42.0 Å². The van der Waals surface area contributed by atoms with Gasteiger partial charge in [0.1, 0.15) is 18.7 Å². The van der Waals surface area contributed by atoms with E-state index in [0.29, 0.717) is 18.9 Å². The lowest BCUT2D eigenvalue weighted by Crippen LogP contribution is -2.12. The van der Waals surface area contributed by atoms with Gasteiger partial charge in [0.05, 0.1) is 0 Å². The summed E-state index contributed by atoms with van der Waals surface area (Å²) < 4.78 is 7.70. The van der Waals surface area contributed by atoms with Crippen LogP contribution < -0.4 is 4.74 Å². The fraction of sp³-hybridized carbons (Fsp3) is 0.467. The van der Waals surface area contributed by atoms with E-state index in [2.05, 4.69) is 23.9 Å². The number of aromatic nitrogens is 3. The van der Waals surface area contributed by atoms with Crippen LogP contribution in [0.2, 0.25) is 0 Å². The highest BCUT2D eigenvalue weighted by molar-refractivity contribution is 5.33. The van der Waals surface area contributed by atoms with Crippen LogP contribution in [0.1, 0.15) is 25.2 Å². The van der Waals surface area contributed by atoms with Crippen molar-refractivity contribution in [3.8, 4) is 5.75 Å². The Bertz CT molecular complexity index is 537. The standard InChI is InChI=1S/C15H21N3O2/c1-12(2)9-18-15(16-11-17-18)10-20-14-6-4-3-5-13(14)7-8-19/h3-6,11-12,19H,7-10H2,1-2H3. The lowest BCUT2D eigenvalue weighted by molar-refractivity contribution is 0.271. The lowest BCUT2D eigenvalue weighted by atomic mass is 10.1. The van der Waals surface area contributed by atoms with Gasteiger partial charge < -0.3 is 9.84 Å². The SMILES string of the molecule is CC(C)Cn1ncnc1COc1ccccc1CCO. The molecule has 1 N–H and O–H groups in total. The van der Waals surface area contributed by atoms with Crippen molar-refractivity contribution in [2.24, 2.45) is 5.92 Å². The van der Waals surface area contributed by atoms with Crippen molar-refractivity contribution in [3.63, 3.8) is 0 Å². The van der Waals surface area contributed by atoms with Gasteiger partial charge in [0, 0.05) is 13.2 Å². The molecule has 0 saturated carbocycles. The number of hydrogen-bond donors (Lipinski definition) is 1. The zero-order valence-electron chi connectivity index (χ0n) is 12.0. The van der Waals surface area contributed by atoms with E-state index in [1.807, 2.05) is 28.9 Å². The monoisotopic (exact) mass is 275 g/mol. The number of benzene rings is 1. The summed E-state index contributed by atoms with van der Waals surface area (Å²) in [5.41, 5.74) is 1.00. The summed E-state index contributed by atoms with van der Waals surface area (Å²) in [5.74, 6) is 2.12. The molecule has 1 aromatic heterocycles. The van der Waals surface area contributed by atoms with Crippen LogP contribution in [-0.4, -0.2) is 26.5 Å². The van der Waals surface area contributed by atoms with Crippen LogP contribution in [0.25, 0.3) is 0 Å². The molecule has 5 nitrogen and oxygen atoms in total. The van der Waals surface area contributed by atoms with E-state index in [1.165, 1.54) is 0 Å². The van der Waals surface area contributed by atoms with Crippen molar-refractivity contribution in [1.82, 2.24) is 14.8 Å². The first-order chi connectivity index (χ1) is 9.70. The molecule has 0 bridgehead atoms. The summed E-state index contributed by atoms with van der Waals surface area (Å²) in [4.78, 5) is 4.24. The van der Waals surface area contributed by atoms with E-state index < -0.39 is 0 Å². The molecule has 20 heavy (non-hydrogen) atoms. The number of rotatable bonds is 7. The van der Waals surface area contributed by atoms with Gasteiger partial charge in [-0.05, 0) is 24.0 Å². The molecule has 108 valence electrons. The number of nitrogens with zero attached hydrogens (tertiary/aromatic N) is 3. The third-order valence-corrected chi connectivity index (χ3v) is 2.94. The Labute approximate surface area is 119 Å². The topological polar surface area (TPSA) is 60.2 Å². The predicted octanol–water partition coefficient (Wildman–Crippen LogP) is 2.05. The predicted molar refractivity (Wildman–Crippen MR) is 76.4 cm³/mol. The number of aliphatic hydroxyl groups is 1. The summed E-state index contributed by atoms with van der Waals surface area (Å²) in [6.45, 7) is 5.61. The van der Waals surface area contributed by atoms with Gasteiger partial charge in [-0.1, -0.05) is 32.0 Å². The van der Waals surface area contributed by atoms with E-state index in [1.54, 1.807) is 6.33 Å². The fourth-order valence-electron chi connectivity index (χ4n) is 2.01. The highest BCUT2D eigenvalue weighted by atomic mass is 16.5. The minimum absolute atomic E-state index is 0.115. The second kappa shape index (κ2) is 7.05. The van der Waals surface area contributed by atoms with Gasteiger partial charge in [0.25, 0.3) is 0 Å². The van der Waals surface area contributed by atoms with Gasteiger partial charge in [0.2, 0.25) is 0 Å². The second-order valence-corrected chi connectivity index (χ2v) is 5.12. The van der Waals surface area contributed by atoms with Crippen LogP contribution >= 0.6 is 0 Å². The van der Waals surface area contributed by atoms with E-state index >= 15 is 0 Å². The highest BCUT2D eigenvalue weighted by Gasteiger charge is 2.08. The average molecular weight is 275 g/mol. The van der Waals surface area contributed by atoms with Crippen molar-refractivity contribution < 1.29 is 9.84 Å². The summed E-state index contributed by atoms with van der Waals surface area (Å²) in [7, 11) is 0. The van der Waals surface area contributed by atoms with Gasteiger partial charge >= 0.3 is 0 Å². The summed E-state index contributed by atoms with van der Waals surface area (Å²) >= 11 is 0. The van der Waals surface area contributed by atoms with Crippen LogP contribution in [0.15, 0.2) is 30.6 Å². The van der Waals surface area contributed by atoms with Crippen molar-refractivity contribution in [2.75, 3.05) is 6.61 Å². The number of para-hydroxylation sites is 1. The van der Waals surface area contributed by atoms with Crippen molar-refractivity contribution >= 4 is 0 Å². The van der Waals surface area contributed by atoms with Crippen molar-refractivity contribution in [1.29, 1.82) is 0 Å². The van der Waals surface area contributed by atoms with Gasteiger partial charge in [-0.3, -0.25) is 0 Å². The maximum atomic E-state index is 9.06. The summed E-state index contributed by atoms with van der Waals surface area (Å²) in [6.07, 6.45) is 2.15. The molecular formula is C15H21N3O2. The van der Waals surface area contributed by atoms with Crippen molar-refractivity contribution in [2.45, 2.75) is 33.4 Å². The smallest absolute Gasteiger partial charge is 0.164 e. The molecule has 0 amide bonds. The molecule has 0 unspecified atom stereocenters. The lowest BCUT2D eigenvalue weighted by Gasteiger charge is -2.12. The quantitative estimate of drug-likeness (QED) is 0.840. The van der Waals surface area contributed by atoms with Gasteiger partial charge in [-0.15, -0.1) is 0 Å². The fourth-order valence-corrected chi connectivity index (χ4v) is 2.01. The molecule has 0 aliphatic heterocycles. The Kier molecular flexibility index (Phi) is 5.12. The van der Waals surface area contributed by atoms with E-state index in [0.717, 1.165) is 23.7 Å². The minimum Gasteiger partial charge on any atom is -0.485 e. The second-order valence-electron chi connectivity index (χ2n) is 5.12.